The Morgan fingerprint density at radius 3 is 2.62 bits per heavy atom. The SMILES string of the molecule is Cc1ccccc1O[C@H]1c2ccccc2CC[C@@]1(O)CO. The molecule has 0 fully saturated rings. The number of aryl methyl sites for hydroxylation is 2. The molecule has 1 aliphatic carbocycles. The minimum atomic E-state index is -1.24. The first-order chi connectivity index (χ1) is 10.1. The zero-order valence-corrected chi connectivity index (χ0v) is 12.1. The lowest BCUT2D eigenvalue weighted by Crippen LogP contribution is -2.46. The molecule has 0 saturated heterocycles. The molecule has 0 amide bonds. The molecular formula is C18H20O3. The van der Waals surface area contributed by atoms with Crippen molar-refractivity contribution in [2.24, 2.45) is 0 Å². The van der Waals surface area contributed by atoms with Crippen LogP contribution in [-0.4, -0.2) is 22.4 Å². The van der Waals surface area contributed by atoms with E-state index in [2.05, 4.69) is 6.07 Å². The molecule has 0 aromatic heterocycles. The van der Waals surface area contributed by atoms with Gasteiger partial charge in [-0.15, -0.1) is 0 Å². The van der Waals surface area contributed by atoms with Crippen LogP contribution in [0.5, 0.6) is 5.75 Å². The van der Waals surface area contributed by atoms with Gasteiger partial charge in [-0.2, -0.15) is 0 Å². The third-order valence-electron chi connectivity index (χ3n) is 4.27. The van der Waals surface area contributed by atoms with Gasteiger partial charge in [0.05, 0.1) is 6.61 Å². The zero-order valence-electron chi connectivity index (χ0n) is 12.1. The maximum Gasteiger partial charge on any atom is 0.155 e. The topological polar surface area (TPSA) is 49.7 Å². The molecule has 21 heavy (non-hydrogen) atoms. The molecule has 0 radical (unpaired) electrons. The Hall–Kier alpha value is -1.84. The van der Waals surface area contributed by atoms with Crippen LogP contribution in [-0.2, 0) is 6.42 Å². The molecule has 3 heteroatoms. The Morgan fingerprint density at radius 2 is 1.86 bits per heavy atom. The summed E-state index contributed by atoms with van der Waals surface area (Å²) in [5.41, 5.74) is 1.91. The van der Waals surface area contributed by atoms with E-state index in [4.69, 9.17) is 4.74 Å². The van der Waals surface area contributed by atoms with E-state index < -0.39 is 11.7 Å². The largest absolute Gasteiger partial charge is 0.482 e. The molecule has 1 aliphatic rings. The average molecular weight is 284 g/mol. The van der Waals surface area contributed by atoms with Gasteiger partial charge in [0.25, 0.3) is 0 Å². The smallest absolute Gasteiger partial charge is 0.155 e. The first-order valence-electron chi connectivity index (χ1n) is 7.27. The molecule has 2 atom stereocenters. The first kappa shape index (κ1) is 14.1. The monoisotopic (exact) mass is 284 g/mol. The van der Waals surface area contributed by atoms with Crippen LogP contribution in [0.2, 0.25) is 0 Å². The second kappa shape index (κ2) is 5.51. The summed E-state index contributed by atoms with van der Waals surface area (Å²) in [7, 11) is 0. The van der Waals surface area contributed by atoms with Crippen LogP contribution in [0.15, 0.2) is 48.5 Å². The van der Waals surface area contributed by atoms with E-state index in [9.17, 15) is 10.2 Å². The molecule has 110 valence electrons. The number of rotatable bonds is 3. The Morgan fingerprint density at radius 1 is 1.14 bits per heavy atom. The lowest BCUT2D eigenvalue weighted by molar-refractivity contribution is -0.107. The molecule has 0 spiro atoms. The standard InChI is InChI=1S/C18H20O3/c1-13-6-2-5-9-16(13)21-17-15-8-4-3-7-14(15)10-11-18(17,20)12-19/h2-9,17,19-20H,10-12H2,1H3/t17-,18+/m0/s1. The maximum atomic E-state index is 10.8. The fourth-order valence-electron chi connectivity index (χ4n) is 2.94. The summed E-state index contributed by atoms with van der Waals surface area (Å²) in [5.74, 6) is 0.742. The fraction of sp³-hybridized carbons (Fsp3) is 0.333. The summed E-state index contributed by atoms with van der Waals surface area (Å²) in [6.07, 6.45) is 0.700. The van der Waals surface area contributed by atoms with E-state index in [0.717, 1.165) is 23.3 Å². The van der Waals surface area contributed by atoms with Gasteiger partial charge in [0.15, 0.2) is 6.10 Å². The molecule has 0 saturated carbocycles. The summed E-state index contributed by atoms with van der Waals surface area (Å²) in [4.78, 5) is 0. The highest BCUT2D eigenvalue weighted by Gasteiger charge is 2.43. The van der Waals surface area contributed by atoms with Crippen LogP contribution < -0.4 is 4.74 Å². The van der Waals surface area contributed by atoms with Gasteiger partial charge in [0, 0.05) is 0 Å². The summed E-state index contributed by atoms with van der Waals surface area (Å²) < 4.78 is 6.11. The van der Waals surface area contributed by atoms with Crippen LogP contribution in [0.1, 0.15) is 29.2 Å². The van der Waals surface area contributed by atoms with Crippen LogP contribution in [0, 0.1) is 6.92 Å². The molecule has 3 rings (SSSR count). The van der Waals surface area contributed by atoms with Crippen molar-refractivity contribution in [1.29, 1.82) is 0 Å². The second-order valence-corrected chi connectivity index (χ2v) is 5.72. The van der Waals surface area contributed by atoms with Crippen LogP contribution >= 0.6 is 0 Å². The summed E-state index contributed by atoms with van der Waals surface area (Å²) in [6, 6.07) is 15.7. The molecule has 0 aliphatic heterocycles. The number of hydrogen-bond donors (Lipinski definition) is 2. The molecule has 0 heterocycles. The molecule has 2 aromatic carbocycles. The predicted molar refractivity (Wildman–Crippen MR) is 81.3 cm³/mol. The van der Waals surface area contributed by atoms with Crippen molar-refractivity contribution < 1.29 is 14.9 Å². The van der Waals surface area contributed by atoms with Crippen molar-refractivity contribution >= 4 is 0 Å². The number of aliphatic hydroxyl groups is 2. The van der Waals surface area contributed by atoms with Crippen molar-refractivity contribution in [3.05, 3.63) is 65.2 Å². The van der Waals surface area contributed by atoms with E-state index in [1.165, 1.54) is 5.56 Å². The van der Waals surface area contributed by atoms with Gasteiger partial charge in [0.2, 0.25) is 0 Å². The summed E-state index contributed by atoms with van der Waals surface area (Å²) >= 11 is 0. The second-order valence-electron chi connectivity index (χ2n) is 5.72. The number of aliphatic hydroxyl groups excluding tert-OH is 1. The van der Waals surface area contributed by atoms with Crippen molar-refractivity contribution in [2.75, 3.05) is 6.61 Å². The maximum absolute atomic E-state index is 10.8. The molecule has 3 nitrogen and oxygen atoms in total. The van der Waals surface area contributed by atoms with Crippen LogP contribution in [0.4, 0.5) is 0 Å². The third-order valence-corrected chi connectivity index (χ3v) is 4.27. The highest BCUT2D eigenvalue weighted by Crippen LogP contribution is 2.40. The number of hydrogen-bond acceptors (Lipinski definition) is 3. The highest BCUT2D eigenvalue weighted by atomic mass is 16.5. The quantitative estimate of drug-likeness (QED) is 0.911. The number of ether oxygens (including phenoxy) is 1. The Balaban J connectivity index is 2.02. The lowest BCUT2D eigenvalue weighted by Gasteiger charge is -2.40. The van der Waals surface area contributed by atoms with Crippen molar-refractivity contribution in [3.8, 4) is 5.75 Å². The first-order valence-corrected chi connectivity index (χ1v) is 7.27. The van der Waals surface area contributed by atoms with Crippen LogP contribution in [0.3, 0.4) is 0 Å². The minimum absolute atomic E-state index is 0.308. The fourth-order valence-corrected chi connectivity index (χ4v) is 2.94. The van der Waals surface area contributed by atoms with E-state index in [1.54, 1.807) is 0 Å². The van der Waals surface area contributed by atoms with E-state index in [-0.39, 0.29) is 6.61 Å². The number of benzene rings is 2. The van der Waals surface area contributed by atoms with E-state index in [1.807, 2.05) is 49.4 Å². The zero-order chi connectivity index (χ0) is 14.9. The molecular weight excluding hydrogens is 264 g/mol. The van der Waals surface area contributed by atoms with Crippen molar-refractivity contribution in [3.63, 3.8) is 0 Å². The van der Waals surface area contributed by atoms with E-state index in [0.29, 0.717) is 6.42 Å². The number of para-hydroxylation sites is 1. The molecule has 2 aromatic rings. The Kier molecular flexibility index (Phi) is 3.70. The molecule has 0 bridgehead atoms. The van der Waals surface area contributed by atoms with Crippen LogP contribution in [0.25, 0.3) is 0 Å². The highest BCUT2D eigenvalue weighted by molar-refractivity contribution is 5.38. The van der Waals surface area contributed by atoms with E-state index >= 15 is 0 Å². The van der Waals surface area contributed by atoms with Gasteiger partial charge in [-0.3, -0.25) is 0 Å². The summed E-state index contributed by atoms with van der Waals surface area (Å²) in [6.45, 7) is 1.67. The minimum Gasteiger partial charge on any atom is -0.482 e. The molecule has 0 unspecified atom stereocenters. The number of fused-ring (bicyclic) bond motifs is 1. The lowest BCUT2D eigenvalue weighted by atomic mass is 9.78. The normalized spacial score (nSPS) is 24.4. The van der Waals surface area contributed by atoms with Gasteiger partial charge in [-0.25, -0.2) is 0 Å². The van der Waals surface area contributed by atoms with Crippen molar-refractivity contribution in [2.45, 2.75) is 31.5 Å². The predicted octanol–water partition coefficient (Wildman–Crippen LogP) is 2.78. The van der Waals surface area contributed by atoms with Gasteiger partial charge in [0.1, 0.15) is 11.4 Å². The van der Waals surface area contributed by atoms with Gasteiger partial charge in [-0.1, -0.05) is 42.5 Å². The Bertz CT molecular complexity index is 638. The summed E-state index contributed by atoms with van der Waals surface area (Å²) in [5, 5.41) is 20.4. The molecule has 2 N–H and O–H groups in total. The Labute approximate surface area is 124 Å². The third kappa shape index (κ3) is 2.55. The van der Waals surface area contributed by atoms with Gasteiger partial charge >= 0.3 is 0 Å². The van der Waals surface area contributed by atoms with Crippen molar-refractivity contribution in [1.82, 2.24) is 0 Å². The van der Waals surface area contributed by atoms with Gasteiger partial charge in [-0.05, 0) is 42.5 Å². The van der Waals surface area contributed by atoms with Gasteiger partial charge < -0.3 is 14.9 Å². The average Bonchev–Trinajstić information content (AvgIpc) is 2.52.